The van der Waals surface area contributed by atoms with Crippen LogP contribution in [0, 0.1) is 17.1 Å². The number of hydrogen-bond acceptors (Lipinski definition) is 5. The van der Waals surface area contributed by atoms with Crippen LogP contribution < -0.4 is 4.90 Å². The maximum atomic E-state index is 14.1. The third kappa shape index (κ3) is 3.08. The molecule has 1 atom stereocenters. The lowest BCUT2D eigenvalue weighted by Crippen LogP contribution is -2.31. The SMILES string of the molecule is COC(=O)C1=CCC(C)N(c2ccc(C#N)cc2F)C=N1. The topological polar surface area (TPSA) is 65.7 Å². The van der Waals surface area contributed by atoms with Gasteiger partial charge >= 0.3 is 5.97 Å². The maximum Gasteiger partial charge on any atom is 0.356 e. The van der Waals surface area contributed by atoms with Crippen molar-refractivity contribution < 1.29 is 13.9 Å². The van der Waals surface area contributed by atoms with Crippen LogP contribution in [0.1, 0.15) is 18.9 Å². The van der Waals surface area contributed by atoms with E-state index < -0.39 is 11.8 Å². The summed E-state index contributed by atoms with van der Waals surface area (Å²) in [5.41, 5.74) is 0.759. The van der Waals surface area contributed by atoms with E-state index in [9.17, 15) is 9.18 Å². The Labute approximate surface area is 122 Å². The highest BCUT2D eigenvalue weighted by Gasteiger charge is 2.20. The molecule has 1 aromatic carbocycles. The number of halogens is 1. The molecule has 0 bridgehead atoms. The van der Waals surface area contributed by atoms with Gasteiger partial charge < -0.3 is 9.64 Å². The van der Waals surface area contributed by atoms with Gasteiger partial charge in [0, 0.05) is 6.04 Å². The summed E-state index contributed by atoms with van der Waals surface area (Å²) in [6, 6.07) is 6.05. The Morgan fingerprint density at radius 2 is 2.33 bits per heavy atom. The second-order valence-electron chi connectivity index (χ2n) is 4.60. The Morgan fingerprint density at radius 1 is 1.57 bits per heavy atom. The largest absolute Gasteiger partial charge is 0.464 e. The number of nitrogens with zero attached hydrogens (tertiary/aromatic N) is 3. The van der Waals surface area contributed by atoms with Crippen molar-refractivity contribution >= 4 is 18.0 Å². The van der Waals surface area contributed by atoms with Gasteiger partial charge in [0.05, 0.1) is 30.8 Å². The monoisotopic (exact) mass is 287 g/mol. The maximum absolute atomic E-state index is 14.1. The quantitative estimate of drug-likeness (QED) is 0.783. The number of esters is 1. The zero-order valence-corrected chi connectivity index (χ0v) is 11.7. The number of methoxy groups -OCH3 is 1. The average molecular weight is 287 g/mol. The minimum atomic E-state index is -0.527. The first-order valence-corrected chi connectivity index (χ1v) is 6.37. The van der Waals surface area contributed by atoms with Gasteiger partial charge in [-0.2, -0.15) is 5.26 Å². The van der Waals surface area contributed by atoms with Gasteiger partial charge in [-0.05, 0) is 37.6 Å². The fourth-order valence-electron chi connectivity index (χ4n) is 2.01. The number of ether oxygens (including phenoxy) is 1. The summed E-state index contributed by atoms with van der Waals surface area (Å²) in [6.45, 7) is 1.89. The molecule has 1 unspecified atom stereocenters. The molecule has 21 heavy (non-hydrogen) atoms. The van der Waals surface area contributed by atoms with Crippen LogP contribution in [0.5, 0.6) is 0 Å². The van der Waals surface area contributed by atoms with E-state index in [2.05, 4.69) is 9.73 Å². The summed E-state index contributed by atoms with van der Waals surface area (Å²) < 4.78 is 18.7. The number of anilines is 1. The number of nitriles is 1. The van der Waals surface area contributed by atoms with Crippen LogP contribution in [-0.4, -0.2) is 25.5 Å². The van der Waals surface area contributed by atoms with Crippen molar-refractivity contribution in [2.45, 2.75) is 19.4 Å². The van der Waals surface area contributed by atoms with Crippen LogP contribution in [0.25, 0.3) is 0 Å². The molecule has 1 aromatic rings. The molecule has 0 radical (unpaired) electrons. The molecule has 108 valence electrons. The molecular formula is C15H14FN3O2. The van der Waals surface area contributed by atoms with E-state index in [1.807, 2.05) is 13.0 Å². The van der Waals surface area contributed by atoms with Gasteiger partial charge in [-0.15, -0.1) is 0 Å². The normalized spacial score (nSPS) is 17.7. The van der Waals surface area contributed by atoms with Crippen molar-refractivity contribution in [3.05, 3.63) is 41.4 Å². The molecule has 0 N–H and O–H groups in total. The highest BCUT2D eigenvalue weighted by molar-refractivity contribution is 5.92. The molecule has 5 nitrogen and oxygen atoms in total. The molecule has 0 saturated carbocycles. The minimum Gasteiger partial charge on any atom is -0.464 e. The van der Waals surface area contributed by atoms with E-state index in [1.165, 1.54) is 25.6 Å². The Hall–Kier alpha value is -2.68. The fourth-order valence-corrected chi connectivity index (χ4v) is 2.01. The third-order valence-electron chi connectivity index (χ3n) is 3.20. The standard InChI is InChI=1S/C15H14FN3O2/c1-10-3-5-13(15(20)21-2)18-9-19(10)14-6-4-11(8-17)7-12(14)16/h4-7,9-10H,3H2,1-2H3. The first-order valence-electron chi connectivity index (χ1n) is 6.37. The van der Waals surface area contributed by atoms with Gasteiger partial charge in [-0.1, -0.05) is 0 Å². The number of hydrogen-bond donors (Lipinski definition) is 0. The van der Waals surface area contributed by atoms with Crippen molar-refractivity contribution in [1.82, 2.24) is 0 Å². The number of rotatable bonds is 2. The molecule has 0 fully saturated rings. The summed E-state index contributed by atoms with van der Waals surface area (Å²) in [7, 11) is 1.28. The molecule has 0 aliphatic carbocycles. The van der Waals surface area contributed by atoms with Crippen LogP contribution in [0.3, 0.4) is 0 Å². The van der Waals surface area contributed by atoms with Crippen LogP contribution in [0.15, 0.2) is 35.0 Å². The van der Waals surface area contributed by atoms with Gasteiger partial charge in [-0.25, -0.2) is 14.2 Å². The van der Waals surface area contributed by atoms with Crippen molar-refractivity contribution in [3.63, 3.8) is 0 Å². The predicted octanol–water partition coefficient (Wildman–Crippen LogP) is 2.38. The lowest BCUT2D eigenvalue weighted by molar-refractivity contribution is -0.136. The summed E-state index contributed by atoms with van der Waals surface area (Å²) in [5.74, 6) is -1.03. The number of carbonyl (C=O) groups excluding carboxylic acids is 1. The zero-order chi connectivity index (χ0) is 15.4. The Kier molecular flexibility index (Phi) is 4.33. The first kappa shape index (κ1) is 14.7. The molecule has 1 aliphatic heterocycles. The van der Waals surface area contributed by atoms with Crippen LogP contribution in [0.4, 0.5) is 10.1 Å². The van der Waals surface area contributed by atoms with Crippen LogP contribution >= 0.6 is 0 Å². The highest BCUT2D eigenvalue weighted by Crippen LogP contribution is 2.24. The second kappa shape index (κ2) is 6.18. The second-order valence-corrected chi connectivity index (χ2v) is 4.60. The summed E-state index contributed by atoms with van der Waals surface area (Å²) in [6.07, 6.45) is 3.59. The predicted molar refractivity (Wildman–Crippen MR) is 76.3 cm³/mol. The molecule has 1 aliphatic rings. The Morgan fingerprint density at radius 3 is 2.95 bits per heavy atom. The van der Waals surface area contributed by atoms with E-state index >= 15 is 0 Å². The summed E-state index contributed by atoms with van der Waals surface area (Å²) in [4.78, 5) is 17.2. The number of carbonyl (C=O) groups is 1. The van der Waals surface area contributed by atoms with Gasteiger partial charge in [0.25, 0.3) is 0 Å². The minimum absolute atomic E-state index is 0.0849. The Balaban J connectivity index is 2.33. The van der Waals surface area contributed by atoms with Gasteiger partial charge in [0.2, 0.25) is 0 Å². The summed E-state index contributed by atoms with van der Waals surface area (Å²) >= 11 is 0. The average Bonchev–Trinajstić information content (AvgIpc) is 2.68. The lowest BCUT2D eigenvalue weighted by Gasteiger charge is -2.25. The smallest absolute Gasteiger partial charge is 0.356 e. The van der Waals surface area contributed by atoms with E-state index in [-0.39, 0.29) is 17.3 Å². The summed E-state index contributed by atoms with van der Waals surface area (Å²) in [5, 5.41) is 8.77. The lowest BCUT2D eigenvalue weighted by atomic mass is 10.1. The molecule has 0 spiro atoms. The molecule has 1 heterocycles. The molecule has 0 aromatic heterocycles. The molecule has 0 saturated heterocycles. The third-order valence-corrected chi connectivity index (χ3v) is 3.20. The van der Waals surface area contributed by atoms with E-state index in [4.69, 9.17) is 5.26 Å². The Bertz CT molecular complexity index is 661. The van der Waals surface area contributed by atoms with Gasteiger partial charge in [0.1, 0.15) is 11.5 Å². The number of benzene rings is 1. The van der Waals surface area contributed by atoms with Crippen LogP contribution in [-0.2, 0) is 9.53 Å². The highest BCUT2D eigenvalue weighted by atomic mass is 19.1. The molecule has 0 amide bonds. The molecular weight excluding hydrogens is 273 g/mol. The fraction of sp³-hybridized carbons (Fsp3) is 0.267. The van der Waals surface area contributed by atoms with Crippen molar-refractivity contribution in [2.24, 2.45) is 4.99 Å². The van der Waals surface area contributed by atoms with Crippen molar-refractivity contribution in [1.29, 1.82) is 5.26 Å². The van der Waals surface area contributed by atoms with Crippen molar-refractivity contribution in [2.75, 3.05) is 12.0 Å². The van der Waals surface area contributed by atoms with E-state index in [0.29, 0.717) is 12.1 Å². The van der Waals surface area contributed by atoms with E-state index in [1.54, 1.807) is 17.0 Å². The van der Waals surface area contributed by atoms with Crippen LogP contribution in [0.2, 0.25) is 0 Å². The van der Waals surface area contributed by atoms with E-state index in [0.717, 1.165) is 0 Å². The molecule has 6 heteroatoms. The number of aliphatic imine (C=N–C) groups is 1. The van der Waals surface area contributed by atoms with Gasteiger partial charge in [0.15, 0.2) is 0 Å². The van der Waals surface area contributed by atoms with Crippen molar-refractivity contribution in [3.8, 4) is 6.07 Å². The first-order chi connectivity index (χ1) is 10.1. The zero-order valence-electron chi connectivity index (χ0n) is 11.7. The van der Waals surface area contributed by atoms with Gasteiger partial charge in [-0.3, -0.25) is 0 Å². The molecule has 2 rings (SSSR count).